The highest BCUT2D eigenvalue weighted by molar-refractivity contribution is 6.42. The number of nitrogens with one attached hydrogen (secondary N) is 1. The van der Waals surface area contributed by atoms with E-state index < -0.39 is 28.9 Å². The van der Waals surface area contributed by atoms with Gasteiger partial charge in [0.1, 0.15) is 6.54 Å². The van der Waals surface area contributed by atoms with Crippen molar-refractivity contribution in [1.82, 2.24) is 25.5 Å². The van der Waals surface area contributed by atoms with Crippen LogP contribution in [0.4, 0.5) is 5.69 Å². The predicted molar refractivity (Wildman–Crippen MR) is 119 cm³/mol. The normalized spacial score (nSPS) is 12.7. The maximum atomic E-state index is 11.8. The molecule has 0 bridgehead atoms. The number of methoxy groups -OCH3 is 1. The van der Waals surface area contributed by atoms with Gasteiger partial charge in [0.15, 0.2) is 5.82 Å². The topological polar surface area (TPSA) is 162 Å². The number of nitro benzene ring substituents is 1. The number of aromatic nitrogens is 4. The average Bonchev–Trinajstić information content (AvgIpc) is 3.25. The monoisotopic (exact) mass is 508 g/mol. The molecule has 3 rings (SSSR count). The van der Waals surface area contributed by atoms with Crippen molar-refractivity contribution < 1.29 is 24.4 Å². The largest absolute Gasteiger partial charge is 0.481 e. The molecule has 12 nitrogen and oxygen atoms in total. The summed E-state index contributed by atoms with van der Waals surface area (Å²) in [6.45, 7) is -0.331. The average molecular weight is 509 g/mol. The van der Waals surface area contributed by atoms with Gasteiger partial charge in [0.25, 0.3) is 5.69 Å². The third-order valence-corrected chi connectivity index (χ3v) is 5.57. The van der Waals surface area contributed by atoms with E-state index in [4.69, 9.17) is 23.2 Å². The Balaban J connectivity index is 2.10. The fourth-order valence-electron chi connectivity index (χ4n) is 3.23. The number of rotatable bonds is 10. The molecule has 2 atom stereocenters. The van der Waals surface area contributed by atoms with Crippen LogP contribution in [0.2, 0.25) is 10.0 Å². The van der Waals surface area contributed by atoms with Gasteiger partial charge in [-0.1, -0.05) is 41.4 Å². The van der Waals surface area contributed by atoms with Crippen LogP contribution in [0.5, 0.6) is 0 Å². The van der Waals surface area contributed by atoms with Crippen molar-refractivity contribution in [3.8, 4) is 0 Å². The summed E-state index contributed by atoms with van der Waals surface area (Å²) in [5, 5.41) is 35.9. The molecule has 2 unspecified atom stereocenters. The van der Waals surface area contributed by atoms with Crippen molar-refractivity contribution in [2.75, 3.05) is 7.11 Å². The minimum Gasteiger partial charge on any atom is -0.481 e. The Morgan fingerprint density at radius 2 is 1.97 bits per heavy atom. The Kier molecular flexibility index (Phi) is 8.10. The Labute approximate surface area is 202 Å². The lowest BCUT2D eigenvalue weighted by Gasteiger charge is -2.25. The lowest BCUT2D eigenvalue weighted by atomic mass is 9.99. The van der Waals surface area contributed by atoms with Gasteiger partial charge in [0, 0.05) is 18.2 Å². The second kappa shape index (κ2) is 11.0. The second-order valence-electron chi connectivity index (χ2n) is 7.05. The van der Waals surface area contributed by atoms with Gasteiger partial charge < -0.3 is 9.84 Å². The van der Waals surface area contributed by atoms with Gasteiger partial charge in [0.05, 0.1) is 34.5 Å². The van der Waals surface area contributed by atoms with Gasteiger partial charge in [0.2, 0.25) is 0 Å². The van der Waals surface area contributed by atoms with E-state index in [-0.39, 0.29) is 34.5 Å². The molecule has 0 aliphatic carbocycles. The summed E-state index contributed by atoms with van der Waals surface area (Å²) >= 11 is 12.1. The van der Waals surface area contributed by atoms with Crippen LogP contribution in [0.25, 0.3) is 0 Å². The van der Waals surface area contributed by atoms with E-state index in [0.29, 0.717) is 11.1 Å². The molecule has 0 saturated heterocycles. The van der Waals surface area contributed by atoms with Crippen molar-refractivity contribution in [2.45, 2.75) is 25.0 Å². The van der Waals surface area contributed by atoms with Crippen LogP contribution < -0.4 is 5.32 Å². The van der Waals surface area contributed by atoms with E-state index in [2.05, 4.69) is 25.6 Å². The van der Waals surface area contributed by atoms with E-state index in [1.54, 1.807) is 12.1 Å². The quantitative estimate of drug-likeness (QED) is 0.236. The molecule has 0 fully saturated rings. The summed E-state index contributed by atoms with van der Waals surface area (Å²) in [5.41, 5.74) is 0.672. The molecule has 2 N–H and O–H groups in total. The number of nitrogens with zero attached hydrogens (tertiary/aromatic N) is 5. The highest BCUT2D eigenvalue weighted by atomic mass is 35.5. The zero-order valence-corrected chi connectivity index (χ0v) is 19.1. The minimum atomic E-state index is -1.12. The molecule has 0 aliphatic heterocycles. The molecule has 0 saturated carbocycles. The minimum absolute atomic E-state index is 0.112. The number of hydrogen-bond acceptors (Lipinski definition) is 9. The third kappa shape index (κ3) is 6.04. The maximum Gasteiger partial charge on any atom is 0.327 e. The fraction of sp³-hybridized carbons (Fsp3) is 0.250. The van der Waals surface area contributed by atoms with E-state index in [1.165, 1.54) is 37.4 Å². The number of carboxylic acids is 1. The summed E-state index contributed by atoms with van der Waals surface area (Å²) in [7, 11) is 1.20. The van der Waals surface area contributed by atoms with Crippen LogP contribution in [-0.2, 0) is 20.9 Å². The SMILES string of the molecule is COC(=O)Cn1nnnc1C(NC(CC(=O)O)c1ccc(Cl)c(Cl)c1)c1cccc([N+](=O)[O-])c1. The van der Waals surface area contributed by atoms with Crippen LogP contribution in [0.15, 0.2) is 42.5 Å². The van der Waals surface area contributed by atoms with Crippen LogP contribution in [0.3, 0.4) is 0 Å². The standard InChI is InChI=1S/C20H18Cl2N6O6/c1-34-18(31)10-27-20(24-25-26-27)19(12-3-2-4-13(7-12)28(32)33)23-16(9-17(29)30)11-5-6-14(21)15(22)8-11/h2-8,16,19,23H,9-10H2,1H3,(H,29,30). The molecule has 0 radical (unpaired) electrons. The number of hydrogen-bond donors (Lipinski definition) is 2. The Bertz CT molecular complexity index is 1220. The summed E-state index contributed by atoms with van der Waals surface area (Å²) in [4.78, 5) is 34.3. The highest BCUT2D eigenvalue weighted by Crippen LogP contribution is 2.31. The highest BCUT2D eigenvalue weighted by Gasteiger charge is 2.28. The Morgan fingerprint density at radius 3 is 2.62 bits per heavy atom. The zero-order chi connectivity index (χ0) is 24.8. The first-order chi connectivity index (χ1) is 16.2. The molecule has 3 aromatic rings. The van der Waals surface area contributed by atoms with Gasteiger partial charge >= 0.3 is 11.9 Å². The number of nitro groups is 1. The number of esters is 1. The molecule has 1 aromatic heterocycles. The number of halogens is 2. The van der Waals surface area contributed by atoms with Crippen LogP contribution in [-0.4, -0.2) is 49.3 Å². The summed E-state index contributed by atoms with van der Waals surface area (Å²) < 4.78 is 5.83. The number of carbonyl (C=O) groups is 2. The summed E-state index contributed by atoms with van der Waals surface area (Å²) in [6, 6.07) is 8.56. The van der Waals surface area contributed by atoms with Crippen LogP contribution in [0.1, 0.15) is 35.5 Å². The van der Waals surface area contributed by atoms with Gasteiger partial charge in [-0.15, -0.1) is 5.10 Å². The molecular formula is C20H18Cl2N6O6. The molecule has 0 spiro atoms. The predicted octanol–water partition coefficient (Wildman–Crippen LogP) is 2.96. The van der Waals surface area contributed by atoms with E-state index in [0.717, 1.165) is 4.68 Å². The van der Waals surface area contributed by atoms with Crippen molar-refractivity contribution in [2.24, 2.45) is 0 Å². The number of non-ortho nitro benzene ring substituents is 1. The number of benzene rings is 2. The van der Waals surface area contributed by atoms with Gasteiger partial charge in [-0.25, -0.2) is 4.68 Å². The first kappa shape index (κ1) is 25.0. The maximum absolute atomic E-state index is 11.8. The number of carbonyl (C=O) groups excluding carboxylic acids is 1. The van der Waals surface area contributed by atoms with E-state index >= 15 is 0 Å². The number of tetrazole rings is 1. The zero-order valence-electron chi connectivity index (χ0n) is 17.6. The fourth-order valence-corrected chi connectivity index (χ4v) is 3.54. The molecule has 1 heterocycles. The smallest absolute Gasteiger partial charge is 0.327 e. The van der Waals surface area contributed by atoms with Crippen molar-refractivity contribution in [3.63, 3.8) is 0 Å². The van der Waals surface area contributed by atoms with Gasteiger partial charge in [-0.3, -0.25) is 25.0 Å². The molecule has 0 amide bonds. The molecule has 14 heteroatoms. The lowest BCUT2D eigenvalue weighted by molar-refractivity contribution is -0.384. The van der Waals surface area contributed by atoms with Crippen molar-refractivity contribution >= 4 is 40.8 Å². The molecule has 34 heavy (non-hydrogen) atoms. The Hall–Kier alpha value is -3.61. The number of carboxylic acid groups (broad SMARTS) is 1. The van der Waals surface area contributed by atoms with Crippen LogP contribution >= 0.6 is 23.2 Å². The number of aliphatic carboxylic acids is 1. The van der Waals surface area contributed by atoms with E-state index in [1.807, 2.05) is 0 Å². The molecule has 178 valence electrons. The second-order valence-corrected chi connectivity index (χ2v) is 7.86. The van der Waals surface area contributed by atoms with Gasteiger partial charge in [-0.2, -0.15) is 0 Å². The summed E-state index contributed by atoms with van der Waals surface area (Å²) in [6.07, 6.45) is -0.373. The molecule has 2 aromatic carbocycles. The van der Waals surface area contributed by atoms with Crippen molar-refractivity contribution in [1.29, 1.82) is 0 Å². The lowest BCUT2D eigenvalue weighted by Crippen LogP contribution is -2.32. The molecular weight excluding hydrogens is 491 g/mol. The van der Waals surface area contributed by atoms with Crippen LogP contribution in [0, 0.1) is 10.1 Å². The first-order valence-corrected chi connectivity index (χ1v) is 10.4. The molecule has 0 aliphatic rings. The van der Waals surface area contributed by atoms with Crippen molar-refractivity contribution in [3.05, 3.63) is 79.6 Å². The van der Waals surface area contributed by atoms with E-state index in [9.17, 15) is 24.8 Å². The van der Waals surface area contributed by atoms with Gasteiger partial charge in [-0.05, 0) is 33.7 Å². The first-order valence-electron chi connectivity index (χ1n) is 9.69. The Morgan fingerprint density at radius 1 is 1.21 bits per heavy atom. The third-order valence-electron chi connectivity index (χ3n) is 4.83. The number of ether oxygens (including phenoxy) is 1. The summed E-state index contributed by atoms with van der Waals surface area (Å²) in [5.74, 6) is -1.63.